The molecule has 0 saturated heterocycles. The lowest BCUT2D eigenvalue weighted by molar-refractivity contribution is 0.527. The van der Waals surface area contributed by atoms with Gasteiger partial charge in [0.05, 0.1) is 0 Å². The van der Waals surface area contributed by atoms with Crippen LogP contribution in [0.3, 0.4) is 0 Å². The Morgan fingerprint density at radius 2 is 2.05 bits per heavy atom. The topological polar surface area (TPSA) is 26.0 Å². The molecule has 3 rings (SSSR count). The van der Waals surface area contributed by atoms with Crippen molar-refractivity contribution in [1.29, 1.82) is 0 Å². The van der Waals surface area contributed by atoms with Crippen molar-refractivity contribution in [3.63, 3.8) is 0 Å². The highest BCUT2D eigenvalue weighted by atomic mass is 79.9. The van der Waals surface area contributed by atoms with Crippen LogP contribution in [0.15, 0.2) is 46.9 Å². The second kappa shape index (κ2) is 5.37. The molecule has 2 nitrogen and oxygen atoms in total. The average Bonchev–Trinajstić information content (AvgIpc) is 2.83. The van der Waals surface area contributed by atoms with Gasteiger partial charge in [-0.2, -0.15) is 0 Å². The Morgan fingerprint density at radius 3 is 2.80 bits per heavy atom. The van der Waals surface area contributed by atoms with Crippen molar-refractivity contribution in [3.8, 4) is 0 Å². The van der Waals surface area contributed by atoms with Gasteiger partial charge in [0.15, 0.2) is 11.5 Å². The van der Waals surface area contributed by atoms with Crippen molar-refractivity contribution in [1.82, 2.24) is 4.98 Å². The predicted molar refractivity (Wildman–Crippen MR) is 80.5 cm³/mol. The first-order valence-corrected chi connectivity index (χ1v) is 7.29. The van der Waals surface area contributed by atoms with E-state index < -0.39 is 0 Å². The lowest BCUT2D eigenvalue weighted by Gasteiger charge is -2.09. The number of nitrogens with zero attached hydrogens (tertiary/aromatic N) is 1. The second-order valence-corrected chi connectivity index (χ2v) is 5.86. The maximum absolute atomic E-state index is 13.3. The van der Waals surface area contributed by atoms with Crippen LogP contribution < -0.4 is 0 Å². The number of para-hydroxylation sites is 2. The zero-order valence-electron chi connectivity index (χ0n) is 10.9. The zero-order chi connectivity index (χ0) is 14.1. The van der Waals surface area contributed by atoms with Gasteiger partial charge in [-0.25, -0.2) is 9.37 Å². The van der Waals surface area contributed by atoms with E-state index in [1.807, 2.05) is 30.3 Å². The lowest BCUT2D eigenvalue weighted by atomic mass is 10.1. The highest BCUT2D eigenvalue weighted by Crippen LogP contribution is 2.29. The fraction of sp³-hybridized carbons (Fsp3) is 0.188. The van der Waals surface area contributed by atoms with Crippen LogP contribution in [0.2, 0.25) is 0 Å². The normalized spacial score (nSPS) is 12.8. The number of alkyl halides is 1. The minimum atomic E-state index is -0.185. The summed E-state index contributed by atoms with van der Waals surface area (Å²) in [4.78, 5) is 4.50. The number of halogens is 2. The van der Waals surface area contributed by atoms with Gasteiger partial charge in [-0.05, 0) is 36.2 Å². The molecule has 0 aliphatic rings. The summed E-state index contributed by atoms with van der Waals surface area (Å²) < 4.78 is 19.0. The molecule has 0 fully saturated rings. The fourth-order valence-electron chi connectivity index (χ4n) is 2.14. The van der Waals surface area contributed by atoms with Gasteiger partial charge in [0.1, 0.15) is 11.3 Å². The molecule has 0 aliphatic heterocycles. The van der Waals surface area contributed by atoms with Crippen LogP contribution in [-0.4, -0.2) is 4.98 Å². The summed E-state index contributed by atoms with van der Waals surface area (Å²) in [6.45, 7) is 1.76. The quantitative estimate of drug-likeness (QED) is 0.633. The highest BCUT2D eigenvalue weighted by Gasteiger charge is 2.14. The van der Waals surface area contributed by atoms with E-state index in [9.17, 15) is 4.39 Å². The maximum atomic E-state index is 13.3. The van der Waals surface area contributed by atoms with Crippen LogP contribution in [0.5, 0.6) is 0 Å². The molecule has 0 radical (unpaired) electrons. The summed E-state index contributed by atoms with van der Waals surface area (Å²) in [5.74, 6) is 0.491. The summed E-state index contributed by atoms with van der Waals surface area (Å²) in [5, 5.41) is 0. The van der Waals surface area contributed by atoms with Crippen molar-refractivity contribution < 1.29 is 8.81 Å². The Kier molecular flexibility index (Phi) is 3.57. The number of hydrogen-bond donors (Lipinski definition) is 0. The summed E-state index contributed by atoms with van der Waals surface area (Å²) in [6, 6.07) is 12.8. The lowest BCUT2D eigenvalue weighted by Crippen LogP contribution is -1.97. The van der Waals surface area contributed by atoms with Gasteiger partial charge in [-0.1, -0.05) is 40.2 Å². The number of aromatic nitrogens is 1. The molecule has 1 heterocycles. The first-order chi connectivity index (χ1) is 9.63. The minimum Gasteiger partial charge on any atom is -0.441 e. The molecule has 4 heteroatoms. The third-order valence-corrected chi connectivity index (χ3v) is 4.09. The number of aryl methyl sites for hydroxylation is 1. The molecule has 0 saturated carbocycles. The van der Waals surface area contributed by atoms with Crippen LogP contribution in [0.25, 0.3) is 11.1 Å². The molecular weight excluding hydrogens is 321 g/mol. The van der Waals surface area contributed by atoms with Crippen molar-refractivity contribution >= 4 is 27.0 Å². The molecule has 1 atom stereocenters. The highest BCUT2D eigenvalue weighted by molar-refractivity contribution is 9.09. The minimum absolute atomic E-state index is 0.0508. The van der Waals surface area contributed by atoms with Crippen LogP contribution in [0.4, 0.5) is 4.39 Å². The van der Waals surface area contributed by atoms with E-state index in [-0.39, 0.29) is 10.6 Å². The van der Waals surface area contributed by atoms with E-state index in [4.69, 9.17) is 4.42 Å². The molecule has 0 spiro atoms. The second-order valence-electron chi connectivity index (χ2n) is 4.76. The first kappa shape index (κ1) is 13.3. The van der Waals surface area contributed by atoms with E-state index in [0.717, 1.165) is 16.7 Å². The Morgan fingerprint density at radius 1 is 1.25 bits per heavy atom. The number of oxazole rings is 1. The molecule has 0 amide bonds. The van der Waals surface area contributed by atoms with Crippen LogP contribution in [0, 0.1) is 12.7 Å². The number of hydrogen-bond acceptors (Lipinski definition) is 2. The molecule has 0 aliphatic carbocycles. The molecule has 2 aromatic carbocycles. The summed E-state index contributed by atoms with van der Waals surface area (Å²) in [6.07, 6.45) is 0.625. The van der Waals surface area contributed by atoms with Crippen molar-refractivity contribution in [2.75, 3.05) is 0 Å². The van der Waals surface area contributed by atoms with E-state index in [2.05, 4.69) is 20.9 Å². The molecule has 1 aromatic heterocycles. The molecule has 3 aromatic rings. The van der Waals surface area contributed by atoms with Crippen molar-refractivity contribution in [3.05, 3.63) is 65.3 Å². The van der Waals surface area contributed by atoms with E-state index in [0.29, 0.717) is 17.9 Å². The smallest absolute Gasteiger partial charge is 0.196 e. The van der Waals surface area contributed by atoms with Crippen LogP contribution in [-0.2, 0) is 6.42 Å². The van der Waals surface area contributed by atoms with Gasteiger partial charge < -0.3 is 4.42 Å². The third-order valence-electron chi connectivity index (χ3n) is 3.24. The predicted octanol–water partition coefficient (Wildman–Crippen LogP) is 4.95. The third kappa shape index (κ3) is 2.61. The Bertz CT molecular complexity index is 720. The first-order valence-electron chi connectivity index (χ1n) is 6.38. The van der Waals surface area contributed by atoms with E-state index >= 15 is 0 Å². The maximum Gasteiger partial charge on any atom is 0.196 e. The standard InChI is InChI=1S/C16H13BrFNO/c1-10-8-11(6-7-13(10)18)12(17)9-16-19-14-4-2-3-5-15(14)20-16/h2-8,12H,9H2,1H3. The van der Waals surface area contributed by atoms with Gasteiger partial charge >= 0.3 is 0 Å². The van der Waals surface area contributed by atoms with Crippen LogP contribution in [0.1, 0.15) is 21.8 Å². The van der Waals surface area contributed by atoms with Gasteiger partial charge in [-0.15, -0.1) is 0 Å². The molecule has 1 unspecified atom stereocenters. The van der Waals surface area contributed by atoms with Crippen molar-refractivity contribution in [2.45, 2.75) is 18.2 Å². The van der Waals surface area contributed by atoms with Crippen LogP contribution >= 0.6 is 15.9 Å². The monoisotopic (exact) mass is 333 g/mol. The fourth-order valence-corrected chi connectivity index (χ4v) is 2.70. The van der Waals surface area contributed by atoms with Gasteiger partial charge in [0.2, 0.25) is 0 Å². The molecule has 0 bridgehead atoms. The Hall–Kier alpha value is -1.68. The average molecular weight is 334 g/mol. The molecule has 20 heavy (non-hydrogen) atoms. The van der Waals surface area contributed by atoms with E-state index in [1.54, 1.807) is 13.0 Å². The molecular formula is C16H13BrFNO. The number of fused-ring (bicyclic) bond motifs is 1. The van der Waals surface area contributed by atoms with Gasteiger partial charge in [0.25, 0.3) is 0 Å². The number of benzene rings is 2. The molecule has 102 valence electrons. The van der Waals surface area contributed by atoms with Gasteiger partial charge in [-0.3, -0.25) is 0 Å². The largest absolute Gasteiger partial charge is 0.441 e. The zero-order valence-corrected chi connectivity index (χ0v) is 12.5. The van der Waals surface area contributed by atoms with Crippen molar-refractivity contribution in [2.24, 2.45) is 0 Å². The number of rotatable bonds is 3. The summed E-state index contributed by atoms with van der Waals surface area (Å²) in [7, 11) is 0. The van der Waals surface area contributed by atoms with E-state index in [1.165, 1.54) is 6.07 Å². The van der Waals surface area contributed by atoms with Gasteiger partial charge in [0, 0.05) is 11.2 Å². The Balaban J connectivity index is 1.84. The molecule has 0 N–H and O–H groups in total. The summed E-state index contributed by atoms with van der Waals surface area (Å²) >= 11 is 3.62. The summed E-state index contributed by atoms with van der Waals surface area (Å²) in [5.41, 5.74) is 3.31. The Labute approximate surface area is 124 Å². The SMILES string of the molecule is Cc1cc(C(Br)Cc2nc3ccccc3o2)ccc1F.